The molecule has 0 bridgehead atoms. The van der Waals surface area contributed by atoms with Crippen LogP contribution in [0.2, 0.25) is 0 Å². The molecule has 1 amide bonds. The summed E-state index contributed by atoms with van der Waals surface area (Å²) in [4.78, 5) is 14.5. The van der Waals surface area contributed by atoms with Crippen molar-refractivity contribution in [1.82, 2.24) is 4.90 Å². The number of methoxy groups -OCH3 is 5. The number of carbonyl (C=O) groups excluding carboxylic acids is 1. The summed E-state index contributed by atoms with van der Waals surface area (Å²) < 4.78 is 27.3. The number of thioether (sulfide) groups is 1. The predicted molar refractivity (Wildman–Crippen MR) is 111 cm³/mol. The molecule has 0 aromatic heterocycles. The van der Waals surface area contributed by atoms with E-state index in [0.29, 0.717) is 41.0 Å². The number of nitrogens with zero attached hydrogens (tertiary/aromatic N) is 1. The first kappa shape index (κ1) is 21.0. The number of hydrogen-bond acceptors (Lipinski definition) is 7. The maximum Gasteiger partial charge on any atom is 0.234 e. The van der Waals surface area contributed by atoms with Gasteiger partial charge in [-0.25, -0.2) is 0 Å². The van der Waals surface area contributed by atoms with E-state index in [2.05, 4.69) is 0 Å². The highest BCUT2D eigenvalue weighted by molar-refractivity contribution is 8.00. The molecule has 1 fully saturated rings. The summed E-state index contributed by atoms with van der Waals surface area (Å²) in [5.74, 6) is 3.35. The van der Waals surface area contributed by atoms with Gasteiger partial charge in [0, 0.05) is 12.1 Å². The Bertz CT molecular complexity index is 862. The van der Waals surface area contributed by atoms with Crippen LogP contribution in [0.5, 0.6) is 28.7 Å². The fraction of sp³-hybridized carbons (Fsp3) is 0.381. The van der Waals surface area contributed by atoms with Crippen LogP contribution in [0.1, 0.15) is 16.5 Å². The lowest BCUT2D eigenvalue weighted by Gasteiger charge is -2.26. The van der Waals surface area contributed by atoms with E-state index in [-0.39, 0.29) is 11.3 Å². The molecule has 8 heteroatoms. The fourth-order valence-corrected chi connectivity index (χ4v) is 4.62. The lowest BCUT2D eigenvalue weighted by Crippen LogP contribution is -2.28. The van der Waals surface area contributed by atoms with Gasteiger partial charge in [0.05, 0.1) is 41.3 Å². The molecule has 1 aliphatic rings. The first-order valence-corrected chi connectivity index (χ1v) is 10.0. The number of carbonyl (C=O) groups is 1. The van der Waals surface area contributed by atoms with Crippen molar-refractivity contribution in [2.45, 2.75) is 11.9 Å². The lowest BCUT2D eigenvalue weighted by atomic mass is 10.1. The first-order chi connectivity index (χ1) is 14.1. The van der Waals surface area contributed by atoms with Gasteiger partial charge in [0.1, 0.15) is 5.37 Å². The topological polar surface area (TPSA) is 66.5 Å². The van der Waals surface area contributed by atoms with Gasteiger partial charge in [-0.05, 0) is 23.8 Å². The third kappa shape index (κ3) is 4.03. The zero-order valence-electron chi connectivity index (χ0n) is 17.2. The minimum atomic E-state index is -0.188. The predicted octanol–water partition coefficient (Wildman–Crippen LogP) is 3.50. The van der Waals surface area contributed by atoms with Crippen molar-refractivity contribution in [1.29, 1.82) is 0 Å². The Balaban J connectivity index is 1.97. The van der Waals surface area contributed by atoms with E-state index >= 15 is 0 Å². The third-order valence-corrected chi connectivity index (χ3v) is 5.98. The van der Waals surface area contributed by atoms with Gasteiger partial charge >= 0.3 is 0 Å². The fourth-order valence-electron chi connectivity index (χ4n) is 3.41. The minimum absolute atomic E-state index is 0.0543. The van der Waals surface area contributed by atoms with E-state index in [0.717, 1.165) is 11.1 Å². The molecule has 1 heterocycles. The summed E-state index contributed by atoms with van der Waals surface area (Å²) in [6.07, 6.45) is 0. The molecule has 1 saturated heterocycles. The van der Waals surface area contributed by atoms with Crippen molar-refractivity contribution in [3.8, 4) is 28.7 Å². The van der Waals surface area contributed by atoms with Gasteiger partial charge in [-0.1, -0.05) is 12.1 Å². The molecule has 0 aliphatic carbocycles. The van der Waals surface area contributed by atoms with Gasteiger partial charge < -0.3 is 28.6 Å². The quantitative estimate of drug-likeness (QED) is 0.649. The number of ether oxygens (including phenoxy) is 5. The van der Waals surface area contributed by atoms with Crippen LogP contribution in [0.25, 0.3) is 0 Å². The molecule has 0 N–H and O–H groups in total. The molecule has 0 radical (unpaired) electrons. The Morgan fingerprint density at radius 1 is 0.897 bits per heavy atom. The van der Waals surface area contributed by atoms with E-state index < -0.39 is 0 Å². The summed E-state index contributed by atoms with van der Waals surface area (Å²) in [6.45, 7) is 0.396. The third-order valence-electron chi connectivity index (χ3n) is 4.74. The van der Waals surface area contributed by atoms with Gasteiger partial charge in [-0.15, -0.1) is 11.8 Å². The Hall–Kier alpha value is -2.74. The second-order valence-corrected chi connectivity index (χ2v) is 7.37. The summed E-state index contributed by atoms with van der Waals surface area (Å²) in [7, 11) is 7.91. The molecule has 2 aromatic carbocycles. The van der Waals surface area contributed by atoms with Crippen molar-refractivity contribution in [3.63, 3.8) is 0 Å². The summed E-state index contributed by atoms with van der Waals surface area (Å²) in [5, 5.41) is -0.188. The van der Waals surface area contributed by atoms with Crippen LogP contribution in [0.4, 0.5) is 0 Å². The summed E-state index contributed by atoms with van der Waals surface area (Å²) in [6, 6.07) is 9.42. The van der Waals surface area contributed by atoms with Crippen LogP contribution in [-0.2, 0) is 11.3 Å². The number of rotatable bonds is 8. The van der Waals surface area contributed by atoms with Gasteiger partial charge in [0.15, 0.2) is 23.0 Å². The number of hydrogen-bond donors (Lipinski definition) is 0. The van der Waals surface area contributed by atoms with Crippen LogP contribution >= 0.6 is 11.8 Å². The highest BCUT2D eigenvalue weighted by atomic mass is 32.2. The zero-order valence-corrected chi connectivity index (χ0v) is 18.0. The van der Waals surface area contributed by atoms with E-state index in [1.165, 1.54) is 0 Å². The Morgan fingerprint density at radius 3 is 2.07 bits per heavy atom. The van der Waals surface area contributed by atoms with Crippen molar-refractivity contribution in [3.05, 3.63) is 41.5 Å². The van der Waals surface area contributed by atoms with Gasteiger partial charge in [-0.3, -0.25) is 4.79 Å². The summed E-state index contributed by atoms with van der Waals surface area (Å²) >= 11 is 1.56. The lowest BCUT2D eigenvalue weighted by molar-refractivity contribution is -0.128. The molecule has 2 aromatic rings. The number of amides is 1. The van der Waals surface area contributed by atoms with Crippen molar-refractivity contribution < 1.29 is 28.5 Å². The summed E-state index contributed by atoms with van der Waals surface area (Å²) in [5.41, 5.74) is 1.78. The number of benzene rings is 2. The molecule has 3 rings (SSSR count). The van der Waals surface area contributed by atoms with Gasteiger partial charge in [-0.2, -0.15) is 0 Å². The monoisotopic (exact) mass is 419 g/mol. The van der Waals surface area contributed by atoms with E-state index in [9.17, 15) is 4.79 Å². The number of para-hydroxylation sites is 1. The van der Waals surface area contributed by atoms with E-state index in [4.69, 9.17) is 23.7 Å². The molecule has 156 valence electrons. The molecule has 1 aliphatic heterocycles. The average molecular weight is 419 g/mol. The Labute approximate surface area is 174 Å². The van der Waals surface area contributed by atoms with Crippen molar-refractivity contribution in [2.75, 3.05) is 41.3 Å². The van der Waals surface area contributed by atoms with E-state index in [1.807, 2.05) is 35.2 Å². The maximum atomic E-state index is 12.7. The molecule has 1 unspecified atom stereocenters. The highest BCUT2D eigenvalue weighted by Crippen LogP contribution is 2.47. The molecular weight excluding hydrogens is 394 g/mol. The van der Waals surface area contributed by atoms with Crippen LogP contribution in [0.15, 0.2) is 30.3 Å². The van der Waals surface area contributed by atoms with E-state index in [1.54, 1.807) is 47.3 Å². The second kappa shape index (κ2) is 9.17. The molecule has 29 heavy (non-hydrogen) atoms. The van der Waals surface area contributed by atoms with Crippen molar-refractivity contribution in [2.24, 2.45) is 0 Å². The van der Waals surface area contributed by atoms with Crippen LogP contribution < -0.4 is 23.7 Å². The second-order valence-electron chi connectivity index (χ2n) is 6.30. The molecule has 0 spiro atoms. The van der Waals surface area contributed by atoms with Crippen LogP contribution in [0, 0.1) is 0 Å². The van der Waals surface area contributed by atoms with Gasteiger partial charge in [0.2, 0.25) is 11.7 Å². The largest absolute Gasteiger partial charge is 0.493 e. The zero-order chi connectivity index (χ0) is 21.0. The van der Waals surface area contributed by atoms with Crippen LogP contribution in [-0.4, -0.2) is 52.1 Å². The Morgan fingerprint density at radius 2 is 1.52 bits per heavy atom. The van der Waals surface area contributed by atoms with Crippen LogP contribution in [0.3, 0.4) is 0 Å². The minimum Gasteiger partial charge on any atom is -0.493 e. The van der Waals surface area contributed by atoms with Gasteiger partial charge in [0.25, 0.3) is 0 Å². The smallest absolute Gasteiger partial charge is 0.234 e. The molecule has 7 nitrogen and oxygen atoms in total. The maximum absolute atomic E-state index is 12.7. The standard InChI is InChI=1S/C21H25NO6S/c1-24-15-8-6-7-14(19(15)27-4)21-22(18(23)12-29-21)11-13-9-16(25-2)20(28-5)17(10-13)26-3/h6-10,21H,11-12H2,1-5H3. The molecule has 0 saturated carbocycles. The average Bonchev–Trinajstić information content (AvgIpc) is 3.11. The molecule has 1 atom stereocenters. The first-order valence-electron chi connectivity index (χ1n) is 8.98. The SMILES string of the molecule is COc1cc(CN2C(=O)CSC2c2cccc(OC)c2OC)cc(OC)c1OC. The Kier molecular flexibility index (Phi) is 6.64. The molecular formula is C21H25NO6S. The van der Waals surface area contributed by atoms with Crippen molar-refractivity contribution >= 4 is 17.7 Å². The highest BCUT2D eigenvalue weighted by Gasteiger charge is 2.35. The normalized spacial score (nSPS) is 16.0.